The molecule has 0 aliphatic carbocycles. The van der Waals surface area contributed by atoms with Crippen LogP contribution in [-0.2, 0) is 11.3 Å². The molecule has 0 aromatic heterocycles. The van der Waals surface area contributed by atoms with Crippen molar-refractivity contribution in [3.05, 3.63) is 60.2 Å². The van der Waals surface area contributed by atoms with Crippen molar-refractivity contribution in [2.24, 2.45) is 0 Å². The Kier molecular flexibility index (Phi) is 7.80. The summed E-state index contributed by atoms with van der Waals surface area (Å²) in [7, 11) is 0. The largest absolute Gasteiger partial charge is 0.491 e. The lowest BCUT2D eigenvalue weighted by Gasteiger charge is -2.37. The normalized spacial score (nSPS) is 19.4. The van der Waals surface area contributed by atoms with E-state index in [0.29, 0.717) is 25.9 Å². The van der Waals surface area contributed by atoms with E-state index in [1.54, 1.807) is 0 Å². The smallest absolute Gasteiger partial charge is 0.321 e. The Hall–Kier alpha value is -2.57. The van der Waals surface area contributed by atoms with Gasteiger partial charge >= 0.3 is 6.03 Å². The minimum atomic E-state index is -0.00164. The van der Waals surface area contributed by atoms with Crippen LogP contribution in [0.3, 0.4) is 0 Å². The predicted octanol–water partition coefficient (Wildman–Crippen LogP) is 4.37. The topological polar surface area (TPSA) is 54.0 Å². The number of piperidine rings is 1. The molecule has 2 amide bonds. The summed E-state index contributed by atoms with van der Waals surface area (Å²) < 4.78 is 11.4. The molecule has 2 aliphatic heterocycles. The lowest BCUT2D eigenvalue weighted by Crippen LogP contribution is -2.50. The Bertz CT molecular complexity index is 824. The zero-order valence-corrected chi connectivity index (χ0v) is 18.2. The zero-order chi connectivity index (χ0) is 21.3. The average Bonchev–Trinajstić information content (AvgIpc) is 3.35. The van der Waals surface area contributed by atoms with Crippen molar-refractivity contribution in [3.63, 3.8) is 0 Å². The minimum absolute atomic E-state index is 0.00164. The number of nitrogens with zero attached hydrogens (tertiary/aromatic N) is 2. The first kappa shape index (κ1) is 21.7. The molecule has 166 valence electrons. The van der Waals surface area contributed by atoms with Gasteiger partial charge in [0.2, 0.25) is 0 Å². The molecule has 6 heteroatoms. The number of ether oxygens (including phenoxy) is 2. The van der Waals surface area contributed by atoms with Crippen LogP contribution in [0.25, 0.3) is 0 Å². The monoisotopic (exact) mass is 423 g/mol. The number of carbonyl (C=O) groups excluding carboxylic acids is 1. The summed E-state index contributed by atoms with van der Waals surface area (Å²) in [6, 6.07) is 18.1. The van der Waals surface area contributed by atoms with Crippen molar-refractivity contribution >= 4 is 11.7 Å². The molecular weight excluding hydrogens is 390 g/mol. The van der Waals surface area contributed by atoms with E-state index in [0.717, 1.165) is 36.5 Å². The quantitative estimate of drug-likeness (QED) is 0.641. The molecule has 6 nitrogen and oxygen atoms in total. The molecule has 0 radical (unpaired) electrons. The molecule has 0 unspecified atom stereocenters. The second-order valence-corrected chi connectivity index (χ2v) is 8.33. The molecular formula is C25H33N3O3. The van der Waals surface area contributed by atoms with E-state index in [2.05, 4.69) is 10.2 Å². The molecule has 2 aliphatic rings. The molecule has 2 aromatic rings. The maximum absolute atomic E-state index is 12.8. The van der Waals surface area contributed by atoms with Crippen molar-refractivity contribution < 1.29 is 14.3 Å². The van der Waals surface area contributed by atoms with E-state index in [9.17, 15) is 4.79 Å². The van der Waals surface area contributed by atoms with Gasteiger partial charge in [-0.25, -0.2) is 4.79 Å². The number of nitrogens with one attached hydrogen (secondary N) is 1. The highest BCUT2D eigenvalue weighted by atomic mass is 16.5. The fraction of sp³-hybridized carbons (Fsp3) is 0.480. The Balaban J connectivity index is 1.21. The number of anilines is 1. The lowest BCUT2D eigenvalue weighted by molar-refractivity contribution is 0.0889. The van der Waals surface area contributed by atoms with Gasteiger partial charge in [0.1, 0.15) is 12.4 Å². The molecule has 0 saturated carbocycles. The van der Waals surface area contributed by atoms with Gasteiger partial charge < -0.3 is 19.7 Å². The number of carbonyl (C=O) groups is 1. The van der Waals surface area contributed by atoms with Crippen molar-refractivity contribution in [1.82, 2.24) is 9.80 Å². The third-order valence-electron chi connectivity index (χ3n) is 6.03. The number of likely N-dealkylation sites (tertiary alicyclic amines) is 2. The average molecular weight is 424 g/mol. The highest BCUT2D eigenvalue weighted by Gasteiger charge is 2.29. The Morgan fingerprint density at radius 2 is 1.81 bits per heavy atom. The number of para-hydroxylation sites is 1. The van der Waals surface area contributed by atoms with E-state index in [1.807, 2.05) is 59.5 Å². The number of hydrogen-bond acceptors (Lipinski definition) is 4. The molecule has 0 bridgehead atoms. The summed E-state index contributed by atoms with van der Waals surface area (Å²) in [4.78, 5) is 17.3. The van der Waals surface area contributed by atoms with E-state index in [1.165, 1.54) is 32.4 Å². The summed E-state index contributed by atoms with van der Waals surface area (Å²) in [6.07, 6.45) is 4.85. The van der Waals surface area contributed by atoms with Gasteiger partial charge in [0.15, 0.2) is 0 Å². The first-order valence-corrected chi connectivity index (χ1v) is 11.4. The number of amides is 2. The van der Waals surface area contributed by atoms with Gasteiger partial charge in [-0.05, 0) is 68.6 Å². The molecule has 1 atom stereocenters. The Morgan fingerprint density at radius 1 is 0.968 bits per heavy atom. The van der Waals surface area contributed by atoms with Gasteiger partial charge in [-0.15, -0.1) is 0 Å². The van der Waals surface area contributed by atoms with Crippen LogP contribution in [0.2, 0.25) is 0 Å². The number of hydrogen-bond donors (Lipinski definition) is 1. The van der Waals surface area contributed by atoms with Crippen LogP contribution in [0.1, 0.15) is 31.2 Å². The maximum Gasteiger partial charge on any atom is 0.321 e. The second kappa shape index (κ2) is 11.2. The first-order chi connectivity index (χ1) is 15.3. The zero-order valence-electron chi connectivity index (χ0n) is 18.2. The van der Waals surface area contributed by atoms with E-state index in [-0.39, 0.29) is 6.03 Å². The van der Waals surface area contributed by atoms with Gasteiger partial charge in [-0.3, -0.25) is 4.90 Å². The summed E-state index contributed by atoms with van der Waals surface area (Å²) in [6.45, 7) is 5.53. The van der Waals surface area contributed by atoms with Gasteiger partial charge in [0.25, 0.3) is 0 Å². The third-order valence-corrected chi connectivity index (χ3v) is 6.03. The van der Waals surface area contributed by atoms with Crippen LogP contribution in [0.5, 0.6) is 5.75 Å². The number of benzene rings is 2. The highest BCUT2D eigenvalue weighted by molar-refractivity contribution is 5.89. The third kappa shape index (κ3) is 6.45. The van der Waals surface area contributed by atoms with Crippen LogP contribution in [0.4, 0.5) is 10.5 Å². The molecule has 4 rings (SSSR count). The van der Waals surface area contributed by atoms with Crippen molar-refractivity contribution in [1.29, 1.82) is 0 Å². The van der Waals surface area contributed by atoms with Crippen LogP contribution in [-0.4, -0.2) is 61.3 Å². The van der Waals surface area contributed by atoms with Crippen LogP contribution in [0, 0.1) is 0 Å². The van der Waals surface area contributed by atoms with Crippen LogP contribution < -0.4 is 10.1 Å². The lowest BCUT2D eigenvalue weighted by atomic mass is 10.0. The molecule has 1 N–H and O–H groups in total. The standard InChI is InChI=1S/C25H33N3O3/c29-25(28-15-7-10-23(19-28)27-13-4-5-14-27)26-22-9-6-8-21(18-22)20-30-16-17-31-24-11-2-1-3-12-24/h1-3,6,8-9,11-12,18,23H,4-5,7,10,13-17,19-20H2,(H,26,29)/t23-/m1/s1. The van der Waals surface area contributed by atoms with E-state index in [4.69, 9.17) is 9.47 Å². The molecule has 2 fully saturated rings. The van der Waals surface area contributed by atoms with Crippen molar-refractivity contribution in [2.45, 2.75) is 38.3 Å². The predicted molar refractivity (Wildman–Crippen MR) is 122 cm³/mol. The van der Waals surface area contributed by atoms with Gasteiger partial charge in [0, 0.05) is 24.8 Å². The summed E-state index contributed by atoms with van der Waals surface area (Å²) >= 11 is 0. The van der Waals surface area contributed by atoms with Gasteiger partial charge in [-0.2, -0.15) is 0 Å². The molecule has 31 heavy (non-hydrogen) atoms. The van der Waals surface area contributed by atoms with Crippen LogP contribution in [0.15, 0.2) is 54.6 Å². The fourth-order valence-electron chi connectivity index (χ4n) is 4.41. The Morgan fingerprint density at radius 3 is 2.65 bits per heavy atom. The summed E-state index contributed by atoms with van der Waals surface area (Å²) in [5.41, 5.74) is 1.85. The second-order valence-electron chi connectivity index (χ2n) is 8.33. The van der Waals surface area contributed by atoms with Gasteiger partial charge in [0.05, 0.1) is 13.2 Å². The number of rotatable bonds is 8. The van der Waals surface area contributed by atoms with Crippen LogP contribution >= 0.6 is 0 Å². The van der Waals surface area contributed by atoms with Gasteiger partial charge in [-0.1, -0.05) is 30.3 Å². The molecule has 2 heterocycles. The Labute approximate surface area is 185 Å². The highest BCUT2D eigenvalue weighted by Crippen LogP contribution is 2.21. The molecule has 2 aromatic carbocycles. The molecule has 0 spiro atoms. The van der Waals surface area contributed by atoms with E-state index >= 15 is 0 Å². The minimum Gasteiger partial charge on any atom is -0.491 e. The maximum atomic E-state index is 12.8. The fourth-order valence-corrected chi connectivity index (χ4v) is 4.41. The molecule has 2 saturated heterocycles. The SMILES string of the molecule is O=C(Nc1cccc(COCCOc2ccccc2)c1)N1CCC[C@@H](N2CCCC2)C1. The van der Waals surface area contributed by atoms with Crippen molar-refractivity contribution in [3.8, 4) is 5.75 Å². The van der Waals surface area contributed by atoms with E-state index < -0.39 is 0 Å². The first-order valence-electron chi connectivity index (χ1n) is 11.4. The summed E-state index contributed by atoms with van der Waals surface area (Å²) in [5.74, 6) is 0.848. The number of urea groups is 1. The summed E-state index contributed by atoms with van der Waals surface area (Å²) in [5, 5.41) is 3.07. The van der Waals surface area contributed by atoms with Crippen molar-refractivity contribution in [2.75, 3.05) is 44.7 Å².